The summed E-state index contributed by atoms with van der Waals surface area (Å²) in [5, 5.41) is 1.50. The maximum absolute atomic E-state index is 12.7. The van der Waals surface area contributed by atoms with E-state index in [1.807, 2.05) is 18.2 Å². The Balaban J connectivity index is 0.00000256. The van der Waals surface area contributed by atoms with Crippen LogP contribution in [0.1, 0.15) is 21.5 Å². The van der Waals surface area contributed by atoms with Crippen LogP contribution in [0.2, 0.25) is 0 Å². The van der Waals surface area contributed by atoms with Crippen LogP contribution in [0.5, 0.6) is 0 Å². The largest absolute Gasteiger partial charge is 0.285 e. The van der Waals surface area contributed by atoms with Crippen LogP contribution < -0.4 is 5.43 Å². The third-order valence-corrected chi connectivity index (χ3v) is 5.84. The zero-order valence-corrected chi connectivity index (χ0v) is 17.4. The van der Waals surface area contributed by atoms with Gasteiger partial charge in [0.15, 0.2) is 5.84 Å². The van der Waals surface area contributed by atoms with E-state index in [1.165, 1.54) is 11.1 Å². The first-order chi connectivity index (χ1) is 14.0. The number of nitrogens with zero attached hydrogens (tertiary/aromatic N) is 3. The second kappa shape index (κ2) is 9.06. The van der Waals surface area contributed by atoms with E-state index in [0.717, 1.165) is 5.56 Å². The number of nitrogens with one attached hydrogen (secondary N) is 1. The quantitative estimate of drug-likeness (QED) is 0.627. The van der Waals surface area contributed by atoms with E-state index in [9.17, 15) is 13.2 Å². The molecule has 1 aromatic heterocycles. The molecule has 0 unspecified atom stereocenters. The van der Waals surface area contributed by atoms with Crippen molar-refractivity contribution in [3.8, 4) is 0 Å². The van der Waals surface area contributed by atoms with Gasteiger partial charge in [-0.1, -0.05) is 30.3 Å². The summed E-state index contributed by atoms with van der Waals surface area (Å²) >= 11 is 0. The van der Waals surface area contributed by atoms with Gasteiger partial charge in [0.1, 0.15) is 4.90 Å². The van der Waals surface area contributed by atoms with E-state index in [4.69, 9.17) is 0 Å². The molecule has 0 aliphatic carbocycles. The third kappa shape index (κ3) is 4.50. The van der Waals surface area contributed by atoms with Gasteiger partial charge < -0.3 is 0 Å². The van der Waals surface area contributed by atoms with E-state index in [1.54, 1.807) is 54.9 Å². The van der Waals surface area contributed by atoms with E-state index >= 15 is 0 Å². The lowest BCUT2D eigenvalue weighted by Gasteiger charge is -2.25. The lowest BCUT2D eigenvalue weighted by atomic mass is 10.1. The lowest BCUT2D eigenvalue weighted by Crippen LogP contribution is -2.47. The molecule has 2 aromatic carbocycles. The number of halogens is 1. The van der Waals surface area contributed by atoms with E-state index in [2.05, 4.69) is 14.8 Å². The Morgan fingerprint density at radius 3 is 2.33 bits per heavy atom. The van der Waals surface area contributed by atoms with Crippen LogP contribution in [-0.2, 0) is 16.4 Å². The minimum atomic E-state index is -3.80. The van der Waals surface area contributed by atoms with Gasteiger partial charge in [0.25, 0.3) is 15.9 Å². The zero-order chi connectivity index (χ0) is 20.3. The Kier molecular flexibility index (Phi) is 6.49. The smallest absolute Gasteiger partial charge is 0.267 e. The third-order valence-electron chi connectivity index (χ3n) is 4.51. The van der Waals surface area contributed by atoms with Crippen molar-refractivity contribution in [3.63, 3.8) is 0 Å². The molecule has 9 heteroatoms. The number of rotatable bonds is 4. The second-order valence-electron chi connectivity index (χ2n) is 6.45. The molecule has 1 amide bonds. The Morgan fingerprint density at radius 1 is 0.933 bits per heavy atom. The Labute approximate surface area is 180 Å². The predicted molar refractivity (Wildman–Crippen MR) is 116 cm³/mol. The number of aromatic nitrogens is 1. The van der Waals surface area contributed by atoms with Crippen LogP contribution in [0.3, 0.4) is 0 Å². The van der Waals surface area contributed by atoms with Crippen molar-refractivity contribution in [3.05, 3.63) is 95.8 Å². The van der Waals surface area contributed by atoms with Crippen molar-refractivity contribution in [1.29, 1.82) is 0 Å². The van der Waals surface area contributed by atoms with Crippen molar-refractivity contribution in [1.82, 2.24) is 15.4 Å². The van der Waals surface area contributed by atoms with E-state index in [0.29, 0.717) is 24.1 Å². The highest BCUT2D eigenvalue weighted by Gasteiger charge is 2.32. The summed E-state index contributed by atoms with van der Waals surface area (Å²) in [6.45, 7) is 0.339. The first-order valence-electron chi connectivity index (χ1n) is 9.01. The highest BCUT2D eigenvalue weighted by molar-refractivity contribution is 7.90. The van der Waals surface area contributed by atoms with Crippen LogP contribution >= 0.6 is 12.4 Å². The van der Waals surface area contributed by atoms with Gasteiger partial charge in [-0.15, -0.1) is 16.8 Å². The van der Waals surface area contributed by atoms with Crippen molar-refractivity contribution in [2.45, 2.75) is 11.3 Å². The average Bonchev–Trinajstić information content (AvgIpc) is 3.03. The summed E-state index contributed by atoms with van der Waals surface area (Å²) in [5.41, 5.74) is 4.75. The predicted octanol–water partition coefficient (Wildman–Crippen LogP) is 2.84. The molecule has 1 aliphatic rings. The van der Waals surface area contributed by atoms with Gasteiger partial charge in [0, 0.05) is 30.1 Å². The number of sulfonamides is 1. The fourth-order valence-electron chi connectivity index (χ4n) is 3.06. The summed E-state index contributed by atoms with van der Waals surface area (Å²) in [5.74, 6) is -0.135. The molecule has 7 nitrogen and oxygen atoms in total. The van der Waals surface area contributed by atoms with Crippen LogP contribution in [0.25, 0.3) is 0 Å². The number of amides is 1. The Morgan fingerprint density at radius 2 is 1.60 bits per heavy atom. The molecule has 0 saturated heterocycles. The molecular formula is C21H19ClN4O3S. The number of hydrogen-bond donors (Lipinski definition) is 1. The van der Waals surface area contributed by atoms with Crippen molar-refractivity contribution < 1.29 is 13.2 Å². The summed E-state index contributed by atoms with van der Waals surface area (Å²) in [4.78, 5) is 16.9. The molecule has 30 heavy (non-hydrogen) atoms. The van der Waals surface area contributed by atoms with Crippen molar-refractivity contribution >= 4 is 34.2 Å². The Hall–Kier alpha value is -3.23. The highest BCUT2D eigenvalue weighted by Crippen LogP contribution is 2.27. The molecule has 0 spiro atoms. The fourth-order valence-corrected chi connectivity index (χ4v) is 4.28. The number of benzene rings is 2. The SMILES string of the molecule is Cl.O=C(NN(CCc1ccncc1)C1=NS(=O)(=O)c2ccccc21)c1ccccc1. The Bertz CT molecular complexity index is 1170. The van der Waals surface area contributed by atoms with E-state index < -0.39 is 10.0 Å². The summed E-state index contributed by atoms with van der Waals surface area (Å²) < 4.78 is 28.9. The standard InChI is InChI=1S/C21H18N4O3S.ClH/c26-21(17-6-2-1-3-7-17)23-25(15-12-16-10-13-22-14-11-16)20-18-8-4-5-9-19(18)29(27,28)24-20;/h1-11,13-14H,12,15H2,(H,23,26);1H. The number of amidine groups is 1. The molecule has 4 rings (SSSR count). The highest BCUT2D eigenvalue weighted by atomic mass is 35.5. The normalized spacial score (nSPS) is 13.5. The van der Waals surface area contributed by atoms with E-state index in [-0.39, 0.29) is 29.0 Å². The minimum absolute atomic E-state index is 0. The van der Waals surface area contributed by atoms with Crippen LogP contribution in [0, 0.1) is 0 Å². The monoisotopic (exact) mass is 442 g/mol. The topological polar surface area (TPSA) is 91.7 Å². The molecule has 154 valence electrons. The van der Waals surface area contributed by atoms with Crippen LogP contribution in [0.4, 0.5) is 0 Å². The van der Waals surface area contributed by atoms with Gasteiger partial charge in [0.2, 0.25) is 0 Å². The summed E-state index contributed by atoms with van der Waals surface area (Å²) in [6, 6.07) is 19.1. The number of pyridine rings is 1. The summed E-state index contributed by atoms with van der Waals surface area (Å²) in [6.07, 6.45) is 3.95. The fraction of sp³-hybridized carbons (Fsp3) is 0.0952. The number of hydrogen-bond acceptors (Lipinski definition) is 5. The van der Waals surface area contributed by atoms with Crippen molar-refractivity contribution in [2.75, 3.05) is 6.54 Å². The zero-order valence-electron chi connectivity index (χ0n) is 15.8. The van der Waals surface area contributed by atoms with Gasteiger partial charge in [0.05, 0.1) is 0 Å². The van der Waals surface area contributed by atoms with Gasteiger partial charge in [-0.05, 0) is 48.4 Å². The average molecular weight is 443 g/mol. The number of fused-ring (bicyclic) bond motifs is 1. The first-order valence-corrected chi connectivity index (χ1v) is 10.5. The first kappa shape index (κ1) is 21.5. The number of hydrazine groups is 1. The number of carbonyl (C=O) groups excluding carboxylic acids is 1. The summed E-state index contributed by atoms with van der Waals surface area (Å²) in [7, 11) is -3.80. The van der Waals surface area contributed by atoms with Gasteiger partial charge in [-0.3, -0.25) is 20.2 Å². The van der Waals surface area contributed by atoms with Gasteiger partial charge in [-0.2, -0.15) is 8.42 Å². The second-order valence-corrected chi connectivity index (χ2v) is 8.02. The molecule has 0 bridgehead atoms. The molecule has 0 atom stereocenters. The maximum Gasteiger partial charge on any atom is 0.285 e. The maximum atomic E-state index is 12.7. The van der Waals surface area contributed by atoms with Gasteiger partial charge in [-0.25, -0.2) is 0 Å². The molecule has 0 fully saturated rings. The van der Waals surface area contributed by atoms with Crippen LogP contribution in [-0.4, -0.2) is 36.7 Å². The molecule has 1 aliphatic heterocycles. The molecular weight excluding hydrogens is 424 g/mol. The van der Waals surface area contributed by atoms with Gasteiger partial charge >= 0.3 is 0 Å². The number of carbonyl (C=O) groups is 1. The van der Waals surface area contributed by atoms with Crippen molar-refractivity contribution in [2.24, 2.45) is 4.40 Å². The molecule has 0 radical (unpaired) electrons. The molecule has 3 aromatic rings. The minimum Gasteiger partial charge on any atom is -0.267 e. The molecule has 0 saturated carbocycles. The molecule has 2 heterocycles. The lowest BCUT2D eigenvalue weighted by molar-refractivity contribution is 0.0871. The molecule has 1 N–H and O–H groups in total. The van der Waals surface area contributed by atoms with Crippen LogP contribution in [0.15, 0.2) is 88.4 Å².